The number of pyridine rings is 1. The first kappa shape index (κ1) is 12.2. The number of aryl methyl sites for hydroxylation is 1. The van der Waals surface area contributed by atoms with Gasteiger partial charge in [0.2, 0.25) is 5.91 Å². The molecule has 0 aliphatic rings. The van der Waals surface area contributed by atoms with Crippen LogP contribution < -0.4 is 10.6 Å². The van der Waals surface area contributed by atoms with Crippen molar-refractivity contribution < 1.29 is 9.21 Å². The second-order valence-electron chi connectivity index (χ2n) is 3.97. The summed E-state index contributed by atoms with van der Waals surface area (Å²) >= 11 is 0. The molecule has 0 spiro atoms. The van der Waals surface area contributed by atoms with Crippen molar-refractivity contribution in [3.8, 4) is 0 Å². The fourth-order valence-electron chi connectivity index (χ4n) is 1.69. The maximum atomic E-state index is 12.0. The Morgan fingerprint density at radius 2 is 2.33 bits per heavy atom. The molecule has 0 fully saturated rings. The van der Waals surface area contributed by atoms with Crippen molar-refractivity contribution in [1.82, 2.24) is 4.98 Å². The summed E-state index contributed by atoms with van der Waals surface area (Å²) in [4.78, 5) is 17.4. The van der Waals surface area contributed by atoms with E-state index in [-0.39, 0.29) is 5.91 Å². The largest absolute Gasteiger partial charge is 0.469 e. The number of carbonyl (C=O) groups excluding carboxylic acids is 1. The molecule has 94 valence electrons. The smallest absolute Gasteiger partial charge is 0.227 e. The first-order valence-electron chi connectivity index (χ1n) is 5.67. The van der Waals surface area contributed by atoms with Crippen LogP contribution in [0.25, 0.3) is 0 Å². The van der Waals surface area contributed by atoms with Gasteiger partial charge in [-0.3, -0.25) is 9.78 Å². The van der Waals surface area contributed by atoms with Crippen molar-refractivity contribution in [1.29, 1.82) is 0 Å². The molecule has 2 aromatic heterocycles. The number of aromatic nitrogens is 1. The zero-order chi connectivity index (χ0) is 13.0. The summed E-state index contributed by atoms with van der Waals surface area (Å²) in [6.07, 6.45) is 5.71. The van der Waals surface area contributed by atoms with Gasteiger partial charge in [-0.1, -0.05) is 0 Å². The fourth-order valence-corrected chi connectivity index (χ4v) is 1.69. The van der Waals surface area contributed by atoms with Gasteiger partial charge in [0, 0.05) is 26.1 Å². The minimum absolute atomic E-state index is 0.00991. The highest BCUT2D eigenvalue weighted by Gasteiger charge is 2.13. The molecule has 0 aromatic carbocycles. The number of nitrogens with zero attached hydrogens (tertiary/aromatic N) is 2. The Morgan fingerprint density at radius 1 is 1.50 bits per heavy atom. The van der Waals surface area contributed by atoms with E-state index in [1.807, 2.05) is 12.1 Å². The lowest BCUT2D eigenvalue weighted by Gasteiger charge is -2.18. The predicted octanol–water partition coefficient (Wildman–Crippen LogP) is 1.85. The molecular weight excluding hydrogens is 230 g/mol. The van der Waals surface area contributed by atoms with Crippen molar-refractivity contribution in [3.63, 3.8) is 0 Å². The van der Waals surface area contributed by atoms with Gasteiger partial charge in [0.05, 0.1) is 23.8 Å². The van der Waals surface area contributed by atoms with Gasteiger partial charge in [-0.05, 0) is 18.2 Å². The molecular formula is C13H15N3O2. The Morgan fingerprint density at radius 3 is 3.00 bits per heavy atom. The molecule has 2 N–H and O–H groups in total. The van der Waals surface area contributed by atoms with Crippen molar-refractivity contribution in [2.75, 3.05) is 17.7 Å². The number of hydrogen-bond donors (Lipinski definition) is 1. The topological polar surface area (TPSA) is 72.4 Å². The molecule has 0 saturated heterocycles. The minimum atomic E-state index is -0.00991. The monoisotopic (exact) mass is 245 g/mol. The molecule has 1 amide bonds. The van der Waals surface area contributed by atoms with E-state index in [0.29, 0.717) is 24.2 Å². The molecule has 0 atom stereocenters. The molecule has 5 nitrogen and oxygen atoms in total. The van der Waals surface area contributed by atoms with E-state index in [4.69, 9.17) is 10.2 Å². The van der Waals surface area contributed by atoms with Crippen LogP contribution in [-0.4, -0.2) is 17.9 Å². The van der Waals surface area contributed by atoms with Gasteiger partial charge in [-0.25, -0.2) is 0 Å². The van der Waals surface area contributed by atoms with Crippen LogP contribution in [-0.2, 0) is 11.2 Å². The van der Waals surface area contributed by atoms with Crippen LogP contribution >= 0.6 is 0 Å². The van der Waals surface area contributed by atoms with Crippen LogP contribution in [0, 0.1) is 0 Å². The number of furan rings is 1. The Bertz CT molecular complexity index is 523. The van der Waals surface area contributed by atoms with E-state index in [1.54, 1.807) is 30.5 Å². The first-order valence-corrected chi connectivity index (χ1v) is 5.67. The summed E-state index contributed by atoms with van der Waals surface area (Å²) in [5.41, 5.74) is 6.94. The summed E-state index contributed by atoms with van der Waals surface area (Å²) in [7, 11) is 1.70. The summed E-state index contributed by atoms with van der Waals surface area (Å²) in [6.45, 7) is 0. The van der Waals surface area contributed by atoms with E-state index in [1.165, 1.54) is 6.20 Å². The molecule has 2 aromatic rings. The number of nitrogens with two attached hydrogens (primary N) is 1. The third-order valence-electron chi connectivity index (χ3n) is 2.73. The van der Waals surface area contributed by atoms with Crippen LogP contribution in [0.1, 0.15) is 12.2 Å². The van der Waals surface area contributed by atoms with Gasteiger partial charge in [0.1, 0.15) is 5.76 Å². The Balaban J connectivity index is 1.99. The molecule has 0 radical (unpaired) electrons. The van der Waals surface area contributed by atoms with Gasteiger partial charge in [-0.15, -0.1) is 0 Å². The Kier molecular flexibility index (Phi) is 3.62. The van der Waals surface area contributed by atoms with Gasteiger partial charge < -0.3 is 15.1 Å². The third-order valence-corrected chi connectivity index (χ3v) is 2.73. The lowest BCUT2D eigenvalue weighted by atomic mass is 10.2. The van der Waals surface area contributed by atoms with E-state index in [2.05, 4.69) is 4.98 Å². The Labute approximate surface area is 105 Å². The van der Waals surface area contributed by atoms with Crippen LogP contribution in [0.2, 0.25) is 0 Å². The van der Waals surface area contributed by atoms with E-state index in [9.17, 15) is 4.79 Å². The molecule has 2 heterocycles. The minimum Gasteiger partial charge on any atom is -0.469 e. The molecule has 5 heteroatoms. The summed E-state index contributed by atoms with van der Waals surface area (Å²) < 4.78 is 5.19. The molecule has 0 saturated carbocycles. The third kappa shape index (κ3) is 2.68. The number of amides is 1. The maximum absolute atomic E-state index is 12.0. The number of nitrogen functional groups attached to an aromatic ring is 1. The second kappa shape index (κ2) is 5.35. The average molecular weight is 245 g/mol. The quantitative estimate of drug-likeness (QED) is 0.892. The van der Waals surface area contributed by atoms with Gasteiger partial charge in [0.15, 0.2) is 0 Å². The zero-order valence-corrected chi connectivity index (χ0v) is 10.2. The molecule has 0 unspecified atom stereocenters. The Hall–Kier alpha value is -2.30. The zero-order valence-electron chi connectivity index (χ0n) is 10.2. The number of rotatable bonds is 4. The first-order chi connectivity index (χ1) is 8.68. The standard InChI is InChI=1S/C13H15N3O2/c1-16(12-6-7-15-9-11(12)14)13(17)5-4-10-3-2-8-18-10/h2-3,6-9H,4-5,14H2,1H3. The number of hydrogen-bond acceptors (Lipinski definition) is 4. The molecule has 0 aliphatic heterocycles. The fraction of sp³-hybridized carbons (Fsp3) is 0.231. The maximum Gasteiger partial charge on any atom is 0.227 e. The van der Waals surface area contributed by atoms with Crippen molar-refractivity contribution in [2.24, 2.45) is 0 Å². The van der Waals surface area contributed by atoms with E-state index < -0.39 is 0 Å². The van der Waals surface area contributed by atoms with Gasteiger partial charge in [0.25, 0.3) is 0 Å². The SMILES string of the molecule is CN(C(=O)CCc1ccco1)c1ccncc1N. The molecule has 18 heavy (non-hydrogen) atoms. The lowest BCUT2D eigenvalue weighted by Crippen LogP contribution is -2.27. The number of carbonyl (C=O) groups is 1. The second-order valence-corrected chi connectivity index (χ2v) is 3.97. The molecule has 0 aliphatic carbocycles. The molecule has 2 rings (SSSR count). The average Bonchev–Trinajstić information content (AvgIpc) is 2.89. The van der Waals surface area contributed by atoms with Crippen molar-refractivity contribution in [2.45, 2.75) is 12.8 Å². The lowest BCUT2D eigenvalue weighted by molar-refractivity contribution is -0.118. The van der Waals surface area contributed by atoms with Crippen LogP contribution in [0.4, 0.5) is 11.4 Å². The van der Waals surface area contributed by atoms with Crippen LogP contribution in [0.15, 0.2) is 41.3 Å². The van der Waals surface area contributed by atoms with Crippen molar-refractivity contribution in [3.05, 3.63) is 42.6 Å². The number of anilines is 2. The van der Waals surface area contributed by atoms with Gasteiger partial charge >= 0.3 is 0 Å². The molecule has 0 bridgehead atoms. The normalized spacial score (nSPS) is 10.3. The van der Waals surface area contributed by atoms with E-state index >= 15 is 0 Å². The van der Waals surface area contributed by atoms with E-state index in [0.717, 1.165) is 5.76 Å². The van der Waals surface area contributed by atoms with Gasteiger partial charge in [-0.2, -0.15) is 0 Å². The highest BCUT2D eigenvalue weighted by atomic mass is 16.3. The summed E-state index contributed by atoms with van der Waals surface area (Å²) in [5, 5.41) is 0. The highest BCUT2D eigenvalue weighted by molar-refractivity contribution is 5.95. The summed E-state index contributed by atoms with van der Waals surface area (Å²) in [6, 6.07) is 5.39. The van der Waals surface area contributed by atoms with Crippen LogP contribution in [0.3, 0.4) is 0 Å². The van der Waals surface area contributed by atoms with Crippen molar-refractivity contribution >= 4 is 17.3 Å². The van der Waals surface area contributed by atoms with Crippen LogP contribution in [0.5, 0.6) is 0 Å². The predicted molar refractivity (Wildman–Crippen MR) is 69.1 cm³/mol. The highest BCUT2D eigenvalue weighted by Crippen LogP contribution is 2.20. The summed E-state index contributed by atoms with van der Waals surface area (Å²) in [5.74, 6) is 0.795.